The van der Waals surface area contributed by atoms with Crippen molar-refractivity contribution in [3.05, 3.63) is 94.3 Å². The first-order valence-electron chi connectivity index (χ1n) is 10.8. The molecule has 34 heavy (non-hydrogen) atoms. The van der Waals surface area contributed by atoms with Gasteiger partial charge in [0, 0.05) is 24.4 Å². The predicted molar refractivity (Wildman–Crippen MR) is 129 cm³/mol. The number of nitro groups is 1. The van der Waals surface area contributed by atoms with Crippen molar-refractivity contribution in [2.45, 2.75) is 18.9 Å². The number of carbonyl (C=O) groups is 1. The van der Waals surface area contributed by atoms with Gasteiger partial charge in [0.1, 0.15) is 17.6 Å². The molecule has 9 nitrogen and oxygen atoms in total. The number of nitrogens with one attached hydrogen (secondary N) is 1. The first kappa shape index (κ1) is 22.8. The lowest BCUT2D eigenvalue weighted by atomic mass is 9.92. The summed E-state index contributed by atoms with van der Waals surface area (Å²) in [6.07, 6.45) is 7.25. The normalized spacial score (nSPS) is 16.4. The molecule has 1 aromatic carbocycles. The van der Waals surface area contributed by atoms with Crippen LogP contribution in [0.3, 0.4) is 0 Å². The lowest BCUT2D eigenvalue weighted by Crippen LogP contribution is -2.24. The van der Waals surface area contributed by atoms with E-state index in [2.05, 4.69) is 20.3 Å². The zero-order valence-corrected chi connectivity index (χ0v) is 18.5. The smallest absolute Gasteiger partial charge is 0.340 e. The van der Waals surface area contributed by atoms with Gasteiger partial charge in [-0.2, -0.15) is 0 Å². The molecule has 1 aliphatic rings. The molecule has 0 spiro atoms. The Labute approximate surface area is 196 Å². The van der Waals surface area contributed by atoms with E-state index in [1.54, 1.807) is 31.3 Å². The molecule has 9 heteroatoms. The fourth-order valence-corrected chi connectivity index (χ4v) is 3.73. The van der Waals surface area contributed by atoms with Gasteiger partial charge in [0.15, 0.2) is 0 Å². The molecule has 0 fully saturated rings. The number of anilines is 1. The molecular weight excluding hydrogens is 434 g/mol. The zero-order chi connectivity index (χ0) is 24.0. The maximum atomic E-state index is 12.4. The number of esters is 1. The summed E-state index contributed by atoms with van der Waals surface area (Å²) < 4.78 is 5.19. The van der Waals surface area contributed by atoms with Crippen LogP contribution in [0.2, 0.25) is 0 Å². The van der Waals surface area contributed by atoms with Crippen molar-refractivity contribution < 1.29 is 14.5 Å². The highest BCUT2D eigenvalue weighted by molar-refractivity contribution is 5.96. The maximum absolute atomic E-state index is 12.4. The second-order valence-corrected chi connectivity index (χ2v) is 7.58. The topological polar surface area (TPSA) is 120 Å². The average Bonchev–Trinajstić information content (AvgIpc) is 3.35. The lowest BCUT2D eigenvalue weighted by Gasteiger charge is -2.24. The summed E-state index contributed by atoms with van der Waals surface area (Å²) in [6, 6.07) is 16.0. The maximum Gasteiger partial charge on any atom is 0.340 e. The van der Waals surface area contributed by atoms with Gasteiger partial charge in [-0.15, -0.1) is 0 Å². The molecule has 0 bridgehead atoms. The summed E-state index contributed by atoms with van der Waals surface area (Å²) in [4.78, 5) is 36.5. The van der Waals surface area contributed by atoms with E-state index in [1.165, 1.54) is 12.3 Å². The monoisotopic (exact) mass is 457 g/mol. The summed E-state index contributed by atoms with van der Waals surface area (Å²) in [5, 5.41) is 14.2. The number of ether oxygens (including phenoxy) is 1. The van der Waals surface area contributed by atoms with Crippen LogP contribution in [0.5, 0.6) is 0 Å². The molecule has 1 atom stereocenters. The number of hydrogen-bond acceptors (Lipinski definition) is 8. The highest BCUT2D eigenvalue weighted by Gasteiger charge is 2.32. The predicted octanol–water partition coefficient (Wildman–Crippen LogP) is 4.57. The van der Waals surface area contributed by atoms with Crippen molar-refractivity contribution in [1.29, 1.82) is 0 Å². The Morgan fingerprint density at radius 2 is 1.97 bits per heavy atom. The molecule has 0 saturated heterocycles. The molecule has 2 aromatic heterocycles. The third kappa shape index (κ3) is 4.83. The molecule has 3 aromatic rings. The molecule has 172 valence electrons. The van der Waals surface area contributed by atoms with Crippen LogP contribution in [0.1, 0.15) is 29.4 Å². The Balaban J connectivity index is 1.53. The van der Waals surface area contributed by atoms with E-state index in [1.807, 2.05) is 42.5 Å². The van der Waals surface area contributed by atoms with Crippen molar-refractivity contribution in [1.82, 2.24) is 9.97 Å². The number of rotatable bonds is 9. The molecule has 1 unspecified atom stereocenters. The van der Waals surface area contributed by atoms with Crippen molar-refractivity contribution in [3.8, 4) is 11.3 Å². The van der Waals surface area contributed by atoms with E-state index in [0.29, 0.717) is 35.7 Å². The van der Waals surface area contributed by atoms with E-state index in [4.69, 9.17) is 4.74 Å². The Kier molecular flexibility index (Phi) is 6.72. The van der Waals surface area contributed by atoms with Gasteiger partial charge in [-0.05, 0) is 43.7 Å². The van der Waals surface area contributed by atoms with Crippen molar-refractivity contribution in [2.24, 2.45) is 4.99 Å². The molecule has 1 aliphatic heterocycles. The largest absolute Gasteiger partial charge is 0.462 e. The molecule has 0 saturated carbocycles. The van der Waals surface area contributed by atoms with E-state index in [0.717, 1.165) is 5.56 Å². The van der Waals surface area contributed by atoms with E-state index in [9.17, 15) is 14.9 Å². The third-order valence-electron chi connectivity index (χ3n) is 5.42. The quantitative estimate of drug-likeness (QED) is 0.284. The summed E-state index contributed by atoms with van der Waals surface area (Å²) in [5.41, 5.74) is 1.59. The van der Waals surface area contributed by atoms with Gasteiger partial charge in [-0.1, -0.05) is 30.3 Å². The minimum absolute atomic E-state index is 0.0673. The van der Waals surface area contributed by atoms with Gasteiger partial charge >= 0.3 is 5.97 Å². The number of aromatic nitrogens is 2. The number of pyridine rings is 2. The molecule has 1 N–H and O–H groups in total. The summed E-state index contributed by atoms with van der Waals surface area (Å²) in [5.74, 6) is 0.179. The van der Waals surface area contributed by atoms with Gasteiger partial charge in [-0.3, -0.25) is 20.1 Å². The number of allylic oxidation sites excluding steroid dienone is 1. The fourth-order valence-electron chi connectivity index (χ4n) is 3.73. The molecule has 3 heterocycles. The summed E-state index contributed by atoms with van der Waals surface area (Å²) in [7, 11) is 0. The van der Waals surface area contributed by atoms with Gasteiger partial charge < -0.3 is 10.1 Å². The number of carbonyl (C=O) groups excluding carboxylic acids is 1. The van der Waals surface area contributed by atoms with Crippen LogP contribution in [0, 0.1) is 10.1 Å². The number of benzene rings is 1. The Hall–Kier alpha value is -4.40. The average molecular weight is 457 g/mol. The van der Waals surface area contributed by atoms with Gasteiger partial charge in [0.05, 0.1) is 28.5 Å². The molecule has 0 radical (unpaired) electrons. The Morgan fingerprint density at radius 3 is 2.62 bits per heavy atom. The van der Waals surface area contributed by atoms with Crippen LogP contribution >= 0.6 is 0 Å². The van der Waals surface area contributed by atoms with Gasteiger partial charge in [0.2, 0.25) is 0 Å². The first-order chi connectivity index (χ1) is 16.5. The van der Waals surface area contributed by atoms with Gasteiger partial charge in [0.25, 0.3) is 5.69 Å². The SMILES string of the molecule is CCOC(=O)c1ccc(NCCC2(c3ccc([N+](=O)[O-])cn3)C=CC=N2)nc1-c1ccccc1. The molecule has 0 aliphatic carbocycles. The number of aliphatic imine (C=N–C) groups is 1. The lowest BCUT2D eigenvalue weighted by molar-refractivity contribution is -0.385. The Morgan fingerprint density at radius 1 is 1.15 bits per heavy atom. The van der Waals surface area contributed by atoms with Gasteiger partial charge in [-0.25, -0.2) is 9.78 Å². The van der Waals surface area contributed by atoms with Crippen LogP contribution in [0.4, 0.5) is 11.5 Å². The first-order valence-corrected chi connectivity index (χ1v) is 10.8. The van der Waals surface area contributed by atoms with E-state index in [-0.39, 0.29) is 12.3 Å². The Bertz CT molecular complexity index is 1230. The molecular formula is C25H23N5O4. The highest BCUT2D eigenvalue weighted by Crippen LogP contribution is 2.33. The van der Waals surface area contributed by atoms with Crippen molar-refractivity contribution in [3.63, 3.8) is 0 Å². The molecule has 4 rings (SSSR count). The second-order valence-electron chi connectivity index (χ2n) is 7.58. The summed E-state index contributed by atoms with van der Waals surface area (Å²) >= 11 is 0. The van der Waals surface area contributed by atoms with Crippen LogP contribution in [0.25, 0.3) is 11.3 Å². The molecule has 0 amide bonds. The zero-order valence-electron chi connectivity index (χ0n) is 18.5. The fraction of sp³-hybridized carbons (Fsp3) is 0.200. The highest BCUT2D eigenvalue weighted by atomic mass is 16.6. The van der Waals surface area contributed by atoms with Crippen LogP contribution < -0.4 is 5.32 Å². The summed E-state index contributed by atoms with van der Waals surface area (Å²) in [6.45, 7) is 2.54. The minimum atomic E-state index is -0.713. The van der Waals surface area contributed by atoms with Crippen LogP contribution in [-0.4, -0.2) is 40.2 Å². The van der Waals surface area contributed by atoms with E-state index < -0.39 is 16.4 Å². The number of nitrogens with zero attached hydrogens (tertiary/aromatic N) is 4. The minimum Gasteiger partial charge on any atom is -0.462 e. The standard InChI is InChI=1S/C25H23N5O4/c1-2-34-24(31)20-10-12-22(29-23(20)18-7-4-3-5-8-18)26-16-14-25(13-6-15-28-25)21-11-9-19(17-27-21)30(32)33/h3-13,15,17H,2,14,16H2,1H3,(H,26,29). The second kappa shape index (κ2) is 10.0. The third-order valence-corrected chi connectivity index (χ3v) is 5.42. The number of hydrogen-bond donors (Lipinski definition) is 1. The van der Waals surface area contributed by atoms with E-state index >= 15 is 0 Å². The van der Waals surface area contributed by atoms with Crippen molar-refractivity contribution >= 4 is 23.7 Å². The van der Waals surface area contributed by atoms with Crippen molar-refractivity contribution in [2.75, 3.05) is 18.5 Å². The van der Waals surface area contributed by atoms with Crippen LogP contribution in [0.15, 0.2) is 77.9 Å². The van der Waals surface area contributed by atoms with Crippen LogP contribution in [-0.2, 0) is 10.3 Å².